The second-order valence-corrected chi connectivity index (χ2v) is 7.44. The molecule has 1 aliphatic rings. The van der Waals surface area contributed by atoms with Gasteiger partial charge in [-0.3, -0.25) is 9.69 Å². The molecule has 0 atom stereocenters. The molecule has 1 aromatic heterocycles. The lowest BCUT2D eigenvalue weighted by atomic mass is 10.1. The fourth-order valence-electron chi connectivity index (χ4n) is 3.28. The van der Waals surface area contributed by atoms with Crippen LogP contribution in [0.4, 0.5) is 0 Å². The van der Waals surface area contributed by atoms with E-state index in [0.717, 1.165) is 24.9 Å². The van der Waals surface area contributed by atoms with Crippen molar-refractivity contribution >= 4 is 28.5 Å². The Hall–Kier alpha value is -2.70. The predicted molar refractivity (Wildman–Crippen MR) is 107 cm³/mol. The number of esters is 1. The highest BCUT2D eigenvalue weighted by Crippen LogP contribution is 2.29. The maximum absolute atomic E-state index is 12.5. The number of hydrogen-bond acceptors (Lipinski definition) is 5. The first-order valence-electron chi connectivity index (χ1n) is 9.13. The molecule has 1 fully saturated rings. The van der Waals surface area contributed by atoms with Crippen LogP contribution in [0.3, 0.4) is 0 Å². The molecule has 0 spiro atoms. The molecule has 28 heavy (non-hydrogen) atoms. The molecule has 0 bridgehead atoms. The highest BCUT2D eigenvalue weighted by Gasteiger charge is 2.29. The summed E-state index contributed by atoms with van der Waals surface area (Å²) in [5.74, 6) is 0.133. The van der Waals surface area contributed by atoms with Gasteiger partial charge >= 0.3 is 5.97 Å². The maximum Gasteiger partial charge on any atom is 0.337 e. The van der Waals surface area contributed by atoms with Crippen LogP contribution in [-0.4, -0.2) is 34.0 Å². The Morgan fingerprint density at radius 1 is 1.21 bits per heavy atom. The zero-order valence-electron chi connectivity index (χ0n) is 15.4. The molecule has 6 nitrogen and oxygen atoms in total. The fraction of sp³-hybridized carbons (Fsp3) is 0.286. The molecule has 0 saturated heterocycles. The third-order valence-electron chi connectivity index (χ3n) is 4.89. The first-order valence-corrected chi connectivity index (χ1v) is 9.51. The van der Waals surface area contributed by atoms with Crippen molar-refractivity contribution in [2.45, 2.75) is 32.0 Å². The van der Waals surface area contributed by atoms with Gasteiger partial charge in [-0.1, -0.05) is 23.7 Å². The van der Waals surface area contributed by atoms with E-state index < -0.39 is 5.97 Å². The average molecular weight is 398 g/mol. The lowest BCUT2D eigenvalue weighted by Crippen LogP contribution is -2.27. The zero-order chi connectivity index (χ0) is 19.7. The van der Waals surface area contributed by atoms with Crippen LogP contribution in [0, 0.1) is 0 Å². The van der Waals surface area contributed by atoms with Crippen LogP contribution < -0.4 is 5.56 Å². The van der Waals surface area contributed by atoms with E-state index in [1.807, 2.05) is 24.3 Å². The Kier molecular flexibility index (Phi) is 5.15. The van der Waals surface area contributed by atoms with Gasteiger partial charge in [0.05, 0.1) is 30.1 Å². The summed E-state index contributed by atoms with van der Waals surface area (Å²) < 4.78 is 4.75. The SMILES string of the molecule is COC(=O)c1ccc2c(=O)[nH]c(CN(Cc3ccc(Cl)cc3)C3CC3)nc2c1. The third kappa shape index (κ3) is 4.08. The van der Waals surface area contributed by atoms with Gasteiger partial charge in [0.1, 0.15) is 5.82 Å². The quantitative estimate of drug-likeness (QED) is 0.644. The number of nitrogens with one attached hydrogen (secondary N) is 1. The average Bonchev–Trinajstić information content (AvgIpc) is 3.53. The highest BCUT2D eigenvalue weighted by molar-refractivity contribution is 6.30. The molecule has 1 saturated carbocycles. The Balaban J connectivity index is 1.62. The van der Waals surface area contributed by atoms with E-state index in [2.05, 4.69) is 14.9 Å². The number of nitrogens with zero attached hydrogens (tertiary/aromatic N) is 2. The molecule has 1 heterocycles. The van der Waals surface area contributed by atoms with Crippen molar-refractivity contribution < 1.29 is 9.53 Å². The van der Waals surface area contributed by atoms with E-state index in [9.17, 15) is 9.59 Å². The number of rotatable bonds is 6. The molecule has 1 aliphatic carbocycles. The predicted octanol–water partition coefficient (Wildman–Crippen LogP) is 3.53. The van der Waals surface area contributed by atoms with E-state index >= 15 is 0 Å². The Labute approximate surface area is 167 Å². The minimum absolute atomic E-state index is 0.210. The van der Waals surface area contributed by atoms with Gasteiger partial charge in [-0.15, -0.1) is 0 Å². The van der Waals surface area contributed by atoms with Gasteiger partial charge in [0, 0.05) is 17.6 Å². The van der Waals surface area contributed by atoms with Crippen LogP contribution in [0.25, 0.3) is 10.9 Å². The molecule has 0 radical (unpaired) electrons. The second-order valence-electron chi connectivity index (χ2n) is 7.00. The number of H-pyrrole nitrogens is 1. The van der Waals surface area contributed by atoms with Gasteiger partial charge in [-0.05, 0) is 48.7 Å². The van der Waals surface area contributed by atoms with Gasteiger partial charge in [-0.25, -0.2) is 9.78 Å². The molecule has 0 unspecified atom stereocenters. The van der Waals surface area contributed by atoms with E-state index in [-0.39, 0.29) is 5.56 Å². The summed E-state index contributed by atoms with van der Waals surface area (Å²) >= 11 is 5.98. The van der Waals surface area contributed by atoms with Crippen LogP contribution in [0.5, 0.6) is 0 Å². The number of methoxy groups -OCH3 is 1. The van der Waals surface area contributed by atoms with Gasteiger partial charge in [-0.2, -0.15) is 0 Å². The number of halogens is 1. The Morgan fingerprint density at radius 2 is 1.96 bits per heavy atom. The first kappa shape index (κ1) is 18.7. The number of ether oxygens (including phenoxy) is 1. The number of aromatic amines is 1. The number of benzene rings is 2. The topological polar surface area (TPSA) is 75.3 Å². The van der Waals surface area contributed by atoms with Crippen molar-refractivity contribution in [2.75, 3.05) is 7.11 Å². The number of carbonyl (C=O) groups excluding carboxylic acids is 1. The van der Waals surface area contributed by atoms with E-state index in [4.69, 9.17) is 16.3 Å². The van der Waals surface area contributed by atoms with Crippen molar-refractivity contribution in [1.29, 1.82) is 0 Å². The number of carbonyl (C=O) groups is 1. The minimum atomic E-state index is -0.451. The van der Waals surface area contributed by atoms with Crippen molar-refractivity contribution in [3.05, 3.63) is 74.8 Å². The van der Waals surface area contributed by atoms with Gasteiger partial charge in [0.25, 0.3) is 5.56 Å². The molecule has 0 amide bonds. The molecular formula is C21H20ClN3O3. The molecule has 2 aromatic carbocycles. The van der Waals surface area contributed by atoms with E-state index in [1.54, 1.807) is 18.2 Å². The van der Waals surface area contributed by atoms with Crippen LogP contribution >= 0.6 is 11.6 Å². The molecular weight excluding hydrogens is 378 g/mol. The zero-order valence-corrected chi connectivity index (χ0v) is 16.2. The van der Waals surface area contributed by atoms with E-state index in [0.29, 0.717) is 39.9 Å². The summed E-state index contributed by atoms with van der Waals surface area (Å²) in [6, 6.07) is 13.0. The fourth-order valence-corrected chi connectivity index (χ4v) is 3.40. The van der Waals surface area contributed by atoms with E-state index in [1.165, 1.54) is 7.11 Å². The summed E-state index contributed by atoms with van der Waals surface area (Å²) in [7, 11) is 1.33. The molecule has 144 valence electrons. The third-order valence-corrected chi connectivity index (χ3v) is 5.14. The largest absolute Gasteiger partial charge is 0.465 e. The summed E-state index contributed by atoms with van der Waals surface area (Å²) in [6.45, 7) is 1.28. The number of fused-ring (bicyclic) bond motifs is 1. The van der Waals surface area contributed by atoms with Crippen LogP contribution in [0.2, 0.25) is 5.02 Å². The number of aromatic nitrogens is 2. The highest BCUT2D eigenvalue weighted by atomic mass is 35.5. The minimum Gasteiger partial charge on any atom is -0.465 e. The summed E-state index contributed by atoms with van der Waals surface area (Å²) in [5.41, 5.74) is 1.81. The molecule has 4 rings (SSSR count). The molecule has 1 N–H and O–H groups in total. The first-order chi connectivity index (χ1) is 13.5. The molecule has 0 aliphatic heterocycles. The smallest absolute Gasteiger partial charge is 0.337 e. The van der Waals surface area contributed by atoms with Crippen molar-refractivity contribution in [1.82, 2.24) is 14.9 Å². The summed E-state index contributed by atoms with van der Waals surface area (Å²) in [6.07, 6.45) is 2.27. The normalized spacial score (nSPS) is 13.8. The summed E-state index contributed by atoms with van der Waals surface area (Å²) in [4.78, 5) is 34.0. The van der Waals surface area contributed by atoms with Crippen LogP contribution in [0.1, 0.15) is 34.6 Å². The lowest BCUT2D eigenvalue weighted by Gasteiger charge is -2.21. The van der Waals surface area contributed by atoms with Crippen molar-refractivity contribution in [3.8, 4) is 0 Å². The standard InChI is InChI=1S/C21H20ClN3O3/c1-28-21(27)14-4-9-17-18(10-14)23-19(24-20(17)26)12-25(16-7-8-16)11-13-2-5-15(22)6-3-13/h2-6,9-10,16H,7-8,11-12H2,1H3,(H,23,24,26). The van der Waals surface area contributed by atoms with Gasteiger partial charge < -0.3 is 9.72 Å². The lowest BCUT2D eigenvalue weighted by molar-refractivity contribution is 0.0601. The van der Waals surface area contributed by atoms with Gasteiger partial charge in [0.2, 0.25) is 0 Å². The Morgan fingerprint density at radius 3 is 2.64 bits per heavy atom. The summed E-state index contributed by atoms with van der Waals surface area (Å²) in [5, 5.41) is 1.16. The van der Waals surface area contributed by atoms with Crippen molar-refractivity contribution in [3.63, 3.8) is 0 Å². The monoisotopic (exact) mass is 397 g/mol. The van der Waals surface area contributed by atoms with Crippen molar-refractivity contribution in [2.24, 2.45) is 0 Å². The van der Waals surface area contributed by atoms with Crippen LogP contribution in [0.15, 0.2) is 47.3 Å². The van der Waals surface area contributed by atoms with Crippen LogP contribution in [-0.2, 0) is 17.8 Å². The molecule has 3 aromatic rings. The maximum atomic E-state index is 12.5. The Bertz CT molecular complexity index is 1070. The number of hydrogen-bond donors (Lipinski definition) is 1. The molecule has 7 heteroatoms. The van der Waals surface area contributed by atoms with Gasteiger partial charge in [0.15, 0.2) is 0 Å². The second kappa shape index (κ2) is 7.73.